The topological polar surface area (TPSA) is 74.6 Å². The van der Waals surface area contributed by atoms with Gasteiger partial charge in [0.25, 0.3) is 0 Å². The van der Waals surface area contributed by atoms with E-state index in [-0.39, 0.29) is 0 Å². The molecule has 0 saturated carbocycles. The number of aliphatic carboxylic acids is 2. The van der Waals surface area contributed by atoms with E-state index >= 15 is 0 Å². The molecular weight excluding hydrogens is 232 g/mol. The zero-order chi connectivity index (χ0) is 13.4. The summed E-state index contributed by atoms with van der Waals surface area (Å²) in [7, 11) is 0. The van der Waals surface area contributed by atoms with Gasteiger partial charge in [0.15, 0.2) is 0 Å². The third-order valence-corrected chi connectivity index (χ3v) is 2.03. The van der Waals surface area contributed by atoms with Crippen LogP contribution in [0.3, 0.4) is 0 Å². The van der Waals surface area contributed by atoms with Crippen LogP contribution < -0.4 is 0 Å². The highest BCUT2D eigenvalue weighted by atomic mass is 16.4. The number of hydrogen-bond donors (Lipinski definition) is 2. The Morgan fingerprint density at radius 1 is 0.889 bits per heavy atom. The van der Waals surface area contributed by atoms with E-state index in [0.29, 0.717) is 0 Å². The lowest BCUT2D eigenvalue weighted by atomic mass is 10.2. The van der Waals surface area contributed by atoms with E-state index in [1.165, 1.54) is 6.08 Å². The number of allylic oxidation sites excluding steroid dienone is 4. The van der Waals surface area contributed by atoms with Crippen molar-refractivity contribution in [3.8, 4) is 0 Å². The molecule has 0 heterocycles. The van der Waals surface area contributed by atoms with Gasteiger partial charge in [-0.2, -0.15) is 0 Å². The molecular formula is C14H12O4. The Morgan fingerprint density at radius 3 is 2.06 bits per heavy atom. The Bertz CT molecular complexity index is 494. The summed E-state index contributed by atoms with van der Waals surface area (Å²) in [6, 6.07) is 9.54. The van der Waals surface area contributed by atoms with Gasteiger partial charge in [0, 0.05) is 0 Å². The van der Waals surface area contributed by atoms with Crippen molar-refractivity contribution in [2.45, 2.75) is 0 Å². The molecule has 0 spiro atoms. The zero-order valence-electron chi connectivity index (χ0n) is 9.48. The Hall–Kier alpha value is -2.62. The molecule has 1 aromatic carbocycles. The molecule has 0 radical (unpaired) electrons. The van der Waals surface area contributed by atoms with E-state index in [0.717, 1.165) is 11.6 Å². The van der Waals surface area contributed by atoms with Crippen LogP contribution in [0.25, 0.3) is 6.08 Å². The minimum atomic E-state index is -1.46. The maximum Gasteiger partial charge on any atom is 0.343 e. The first-order chi connectivity index (χ1) is 8.61. The molecule has 0 fully saturated rings. The fourth-order valence-corrected chi connectivity index (χ4v) is 1.18. The first-order valence-corrected chi connectivity index (χ1v) is 5.18. The van der Waals surface area contributed by atoms with Crippen molar-refractivity contribution in [3.05, 3.63) is 65.8 Å². The van der Waals surface area contributed by atoms with Crippen molar-refractivity contribution in [1.82, 2.24) is 0 Å². The summed E-state index contributed by atoms with van der Waals surface area (Å²) in [5, 5.41) is 17.2. The van der Waals surface area contributed by atoms with Crippen LogP contribution in [0.4, 0.5) is 0 Å². The standard InChI is InChI=1S/C14H12O4/c15-13(16)12(14(17)18)10-6-2-5-9-11-7-3-1-4-8-11/h1-10H,(H,15,16)(H,17,18)/b6-2-,9-5+. The molecule has 4 heteroatoms. The highest BCUT2D eigenvalue weighted by Crippen LogP contribution is 2.01. The molecule has 0 unspecified atom stereocenters. The van der Waals surface area contributed by atoms with Crippen molar-refractivity contribution >= 4 is 18.0 Å². The second kappa shape index (κ2) is 6.85. The molecule has 0 aliphatic heterocycles. The Kier molecular flexibility index (Phi) is 5.12. The highest BCUT2D eigenvalue weighted by molar-refractivity contribution is 6.12. The van der Waals surface area contributed by atoms with Crippen LogP contribution in [-0.4, -0.2) is 22.2 Å². The third-order valence-electron chi connectivity index (χ3n) is 2.03. The lowest BCUT2D eigenvalue weighted by Gasteiger charge is -1.91. The number of carbonyl (C=O) groups is 2. The molecule has 4 nitrogen and oxygen atoms in total. The predicted molar refractivity (Wildman–Crippen MR) is 68.0 cm³/mol. The van der Waals surface area contributed by atoms with E-state index in [4.69, 9.17) is 10.2 Å². The fourth-order valence-electron chi connectivity index (χ4n) is 1.18. The van der Waals surface area contributed by atoms with Gasteiger partial charge in [-0.25, -0.2) is 9.59 Å². The molecule has 0 aromatic heterocycles. The van der Waals surface area contributed by atoms with Crippen molar-refractivity contribution in [3.63, 3.8) is 0 Å². The molecule has 0 atom stereocenters. The first kappa shape index (κ1) is 13.4. The van der Waals surface area contributed by atoms with E-state index in [1.54, 1.807) is 12.2 Å². The van der Waals surface area contributed by atoms with Gasteiger partial charge in [-0.3, -0.25) is 0 Å². The summed E-state index contributed by atoms with van der Waals surface area (Å²) in [6.07, 6.45) is 7.51. The van der Waals surface area contributed by atoms with Gasteiger partial charge in [-0.1, -0.05) is 54.6 Å². The van der Waals surface area contributed by atoms with Gasteiger partial charge in [-0.05, 0) is 11.6 Å². The number of hydrogen-bond acceptors (Lipinski definition) is 2. The van der Waals surface area contributed by atoms with Crippen molar-refractivity contribution in [1.29, 1.82) is 0 Å². The minimum Gasteiger partial charge on any atom is -0.477 e. The van der Waals surface area contributed by atoms with E-state index in [9.17, 15) is 9.59 Å². The predicted octanol–water partition coefficient (Wildman–Crippen LogP) is 2.35. The molecule has 1 aromatic rings. The molecule has 0 aliphatic rings. The van der Waals surface area contributed by atoms with Gasteiger partial charge in [0.05, 0.1) is 0 Å². The van der Waals surface area contributed by atoms with Gasteiger partial charge < -0.3 is 10.2 Å². The lowest BCUT2D eigenvalue weighted by molar-refractivity contribution is -0.140. The molecule has 2 N–H and O–H groups in total. The quantitative estimate of drug-likeness (QED) is 0.361. The van der Waals surface area contributed by atoms with Crippen LogP contribution in [0.2, 0.25) is 0 Å². The maximum absolute atomic E-state index is 10.5. The van der Waals surface area contributed by atoms with Crippen LogP contribution in [0.1, 0.15) is 5.56 Å². The van der Waals surface area contributed by atoms with Crippen LogP contribution in [0.5, 0.6) is 0 Å². The SMILES string of the molecule is O=C(O)C(=C/C=C\C=C\c1ccccc1)C(=O)O. The van der Waals surface area contributed by atoms with Gasteiger partial charge in [0.1, 0.15) is 5.57 Å². The molecule has 18 heavy (non-hydrogen) atoms. The van der Waals surface area contributed by atoms with Crippen molar-refractivity contribution < 1.29 is 19.8 Å². The van der Waals surface area contributed by atoms with Crippen LogP contribution in [0.15, 0.2) is 60.2 Å². The summed E-state index contributed by atoms with van der Waals surface area (Å²) in [5.74, 6) is -2.92. The number of carboxylic acids is 2. The Balaban J connectivity index is 2.66. The van der Waals surface area contributed by atoms with E-state index in [1.807, 2.05) is 36.4 Å². The van der Waals surface area contributed by atoms with Crippen molar-refractivity contribution in [2.75, 3.05) is 0 Å². The molecule has 0 aliphatic carbocycles. The highest BCUT2D eigenvalue weighted by Gasteiger charge is 2.13. The second-order valence-corrected chi connectivity index (χ2v) is 3.35. The van der Waals surface area contributed by atoms with Gasteiger partial charge >= 0.3 is 11.9 Å². The zero-order valence-corrected chi connectivity index (χ0v) is 9.48. The average molecular weight is 244 g/mol. The maximum atomic E-state index is 10.5. The Morgan fingerprint density at radius 2 is 1.50 bits per heavy atom. The lowest BCUT2D eigenvalue weighted by Crippen LogP contribution is -2.10. The molecule has 92 valence electrons. The van der Waals surface area contributed by atoms with Crippen molar-refractivity contribution in [2.24, 2.45) is 0 Å². The largest absolute Gasteiger partial charge is 0.477 e. The molecule has 0 amide bonds. The molecule has 0 bridgehead atoms. The number of rotatable bonds is 5. The Labute approximate surface area is 104 Å². The van der Waals surface area contributed by atoms with Gasteiger partial charge in [0.2, 0.25) is 0 Å². The first-order valence-electron chi connectivity index (χ1n) is 5.18. The number of carboxylic acid groups (broad SMARTS) is 2. The van der Waals surface area contributed by atoms with Crippen LogP contribution >= 0.6 is 0 Å². The monoisotopic (exact) mass is 244 g/mol. The van der Waals surface area contributed by atoms with E-state index < -0.39 is 17.5 Å². The molecule has 0 saturated heterocycles. The summed E-state index contributed by atoms with van der Waals surface area (Å²) in [4.78, 5) is 21.1. The number of benzene rings is 1. The van der Waals surface area contributed by atoms with Gasteiger partial charge in [-0.15, -0.1) is 0 Å². The molecule has 1 rings (SSSR count). The third kappa shape index (κ3) is 4.49. The smallest absolute Gasteiger partial charge is 0.343 e. The van der Waals surface area contributed by atoms with Crippen LogP contribution in [-0.2, 0) is 9.59 Å². The normalized spacial score (nSPS) is 10.7. The summed E-state index contributed by atoms with van der Waals surface area (Å²) < 4.78 is 0. The second-order valence-electron chi connectivity index (χ2n) is 3.35. The van der Waals surface area contributed by atoms with Crippen LogP contribution in [0, 0.1) is 0 Å². The average Bonchev–Trinajstić information content (AvgIpc) is 2.34. The van der Waals surface area contributed by atoms with E-state index in [2.05, 4.69) is 0 Å². The minimum absolute atomic E-state index is 0.667. The summed E-state index contributed by atoms with van der Waals surface area (Å²) in [5.41, 5.74) is 0.335. The fraction of sp³-hybridized carbons (Fsp3) is 0. The summed E-state index contributed by atoms with van der Waals surface area (Å²) in [6.45, 7) is 0. The summed E-state index contributed by atoms with van der Waals surface area (Å²) >= 11 is 0.